The highest BCUT2D eigenvalue weighted by Crippen LogP contribution is 2.09. The maximum Gasteiger partial charge on any atom is 0.191 e. The van der Waals surface area contributed by atoms with Gasteiger partial charge in [0.1, 0.15) is 0 Å². The van der Waals surface area contributed by atoms with Gasteiger partial charge in [0, 0.05) is 29.1 Å². The first-order chi connectivity index (χ1) is 6.20. The van der Waals surface area contributed by atoms with Crippen LogP contribution in [0.1, 0.15) is 0 Å². The molecule has 6 heteroatoms. The monoisotopic (exact) mass is 391 g/mol. The van der Waals surface area contributed by atoms with E-state index in [0.29, 0.717) is 12.5 Å². The SMILES string of the molecule is C=C(Br)CN=C(N)N1CCSCC1.I. The van der Waals surface area contributed by atoms with Gasteiger partial charge in [0.15, 0.2) is 5.96 Å². The molecule has 0 aliphatic carbocycles. The highest BCUT2D eigenvalue weighted by atomic mass is 127. The second kappa shape index (κ2) is 7.81. The van der Waals surface area contributed by atoms with Gasteiger partial charge in [-0.1, -0.05) is 22.5 Å². The lowest BCUT2D eigenvalue weighted by Gasteiger charge is -2.27. The Bertz CT molecular complexity index is 217. The zero-order chi connectivity index (χ0) is 9.68. The molecule has 0 unspecified atom stereocenters. The number of aliphatic imine (C=N–C) groups is 1. The number of hydrogen-bond donors (Lipinski definition) is 1. The molecule has 1 aliphatic heterocycles. The highest BCUT2D eigenvalue weighted by Gasteiger charge is 2.11. The molecular weight excluding hydrogens is 377 g/mol. The fraction of sp³-hybridized carbons (Fsp3) is 0.625. The van der Waals surface area contributed by atoms with E-state index in [4.69, 9.17) is 5.73 Å². The molecular formula is C8H15BrIN3S. The minimum atomic E-state index is 0. The third kappa shape index (κ3) is 5.45. The van der Waals surface area contributed by atoms with Crippen LogP contribution in [0.3, 0.4) is 0 Å². The van der Waals surface area contributed by atoms with Crippen LogP contribution in [0.2, 0.25) is 0 Å². The van der Waals surface area contributed by atoms with E-state index in [9.17, 15) is 0 Å². The summed E-state index contributed by atoms with van der Waals surface area (Å²) < 4.78 is 0.863. The van der Waals surface area contributed by atoms with Crippen LogP contribution in [0.25, 0.3) is 0 Å². The lowest BCUT2D eigenvalue weighted by atomic mass is 10.5. The number of thioether (sulfide) groups is 1. The summed E-state index contributed by atoms with van der Waals surface area (Å²) in [4.78, 5) is 6.33. The summed E-state index contributed by atoms with van der Waals surface area (Å²) in [6, 6.07) is 0. The molecule has 0 aromatic rings. The van der Waals surface area contributed by atoms with Crippen molar-refractivity contribution in [3.05, 3.63) is 11.1 Å². The molecule has 1 rings (SSSR count). The molecule has 0 radical (unpaired) electrons. The van der Waals surface area contributed by atoms with Crippen LogP contribution in [0, 0.1) is 0 Å². The molecule has 82 valence electrons. The van der Waals surface area contributed by atoms with Crippen LogP contribution in [0.4, 0.5) is 0 Å². The first-order valence-electron chi connectivity index (χ1n) is 4.16. The quantitative estimate of drug-likeness (QED) is 0.444. The Balaban J connectivity index is 0.00000169. The Morgan fingerprint density at radius 3 is 2.57 bits per heavy atom. The molecule has 0 amide bonds. The van der Waals surface area contributed by atoms with Crippen LogP contribution in [-0.4, -0.2) is 42.0 Å². The summed E-state index contributed by atoms with van der Waals surface area (Å²) in [5.74, 6) is 2.93. The Hall–Kier alpha value is 0.570. The Labute approximate surface area is 115 Å². The van der Waals surface area contributed by atoms with Gasteiger partial charge in [0.2, 0.25) is 0 Å². The third-order valence-corrected chi connectivity index (χ3v) is 2.94. The number of nitrogens with zero attached hydrogens (tertiary/aromatic N) is 2. The van der Waals surface area contributed by atoms with Gasteiger partial charge in [-0.3, -0.25) is 0 Å². The number of nitrogens with two attached hydrogens (primary N) is 1. The Kier molecular flexibility index (Phi) is 8.13. The maximum absolute atomic E-state index is 5.80. The van der Waals surface area contributed by atoms with Crippen molar-refractivity contribution >= 4 is 57.6 Å². The van der Waals surface area contributed by atoms with E-state index < -0.39 is 0 Å². The van der Waals surface area contributed by atoms with Gasteiger partial charge in [-0.25, -0.2) is 4.99 Å². The smallest absolute Gasteiger partial charge is 0.191 e. The fourth-order valence-corrected chi connectivity index (χ4v) is 2.09. The Morgan fingerprint density at radius 1 is 1.50 bits per heavy atom. The van der Waals surface area contributed by atoms with Gasteiger partial charge in [0.25, 0.3) is 0 Å². The molecule has 0 spiro atoms. The second-order valence-corrected chi connectivity index (χ2v) is 5.14. The van der Waals surface area contributed by atoms with Crippen LogP contribution in [-0.2, 0) is 0 Å². The topological polar surface area (TPSA) is 41.6 Å². The average Bonchev–Trinajstić information content (AvgIpc) is 2.15. The van der Waals surface area contributed by atoms with E-state index in [0.717, 1.165) is 29.1 Å². The van der Waals surface area contributed by atoms with Gasteiger partial charge in [-0.05, 0) is 0 Å². The van der Waals surface area contributed by atoms with Crippen molar-refractivity contribution in [2.45, 2.75) is 0 Å². The average molecular weight is 392 g/mol. The molecule has 2 N–H and O–H groups in total. The van der Waals surface area contributed by atoms with Crippen LogP contribution in [0.15, 0.2) is 16.1 Å². The Morgan fingerprint density at radius 2 is 2.07 bits per heavy atom. The molecule has 0 atom stereocenters. The number of halogens is 2. The van der Waals surface area contributed by atoms with Crippen molar-refractivity contribution in [3.8, 4) is 0 Å². The van der Waals surface area contributed by atoms with Crippen molar-refractivity contribution in [2.75, 3.05) is 31.1 Å². The maximum atomic E-state index is 5.80. The fourth-order valence-electron chi connectivity index (χ4n) is 1.06. The van der Waals surface area contributed by atoms with E-state index in [1.165, 1.54) is 0 Å². The summed E-state index contributed by atoms with van der Waals surface area (Å²) in [7, 11) is 0. The standard InChI is InChI=1S/C8H14BrN3S.HI/c1-7(9)6-11-8(10)12-2-4-13-5-3-12;/h1-6H2,(H2,10,11);1H. The minimum absolute atomic E-state index is 0. The normalized spacial score (nSPS) is 17.5. The van der Waals surface area contributed by atoms with Gasteiger partial charge < -0.3 is 10.6 Å². The molecule has 0 bridgehead atoms. The molecule has 0 saturated carbocycles. The first kappa shape index (κ1) is 14.6. The number of guanidine groups is 1. The van der Waals surface area contributed by atoms with Gasteiger partial charge in [0.05, 0.1) is 6.54 Å². The van der Waals surface area contributed by atoms with Crippen molar-refractivity contribution < 1.29 is 0 Å². The van der Waals surface area contributed by atoms with E-state index >= 15 is 0 Å². The molecule has 1 heterocycles. The second-order valence-electron chi connectivity index (χ2n) is 2.79. The number of rotatable bonds is 2. The molecule has 1 fully saturated rings. The lowest BCUT2D eigenvalue weighted by Crippen LogP contribution is -2.42. The van der Waals surface area contributed by atoms with Crippen molar-refractivity contribution in [1.29, 1.82) is 0 Å². The van der Waals surface area contributed by atoms with Gasteiger partial charge >= 0.3 is 0 Å². The molecule has 3 nitrogen and oxygen atoms in total. The van der Waals surface area contributed by atoms with Crippen molar-refractivity contribution in [3.63, 3.8) is 0 Å². The third-order valence-electron chi connectivity index (χ3n) is 1.75. The van der Waals surface area contributed by atoms with Crippen LogP contribution in [0.5, 0.6) is 0 Å². The predicted molar refractivity (Wildman–Crippen MR) is 78.9 cm³/mol. The van der Waals surface area contributed by atoms with E-state index in [2.05, 4.69) is 32.4 Å². The zero-order valence-corrected chi connectivity index (χ0v) is 12.6. The van der Waals surface area contributed by atoms with Crippen molar-refractivity contribution in [1.82, 2.24) is 4.90 Å². The summed E-state index contributed by atoms with van der Waals surface area (Å²) >= 11 is 5.21. The molecule has 1 aliphatic rings. The molecule has 0 aromatic carbocycles. The first-order valence-corrected chi connectivity index (χ1v) is 6.11. The van der Waals surface area contributed by atoms with Crippen molar-refractivity contribution in [2.24, 2.45) is 10.7 Å². The predicted octanol–water partition coefficient (Wildman–Crippen LogP) is 1.88. The van der Waals surface area contributed by atoms with Gasteiger partial charge in [-0.2, -0.15) is 11.8 Å². The van der Waals surface area contributed by atoms with Gasteiger partial charge in [-0.15, -0.1) is 24.0 Å². The van der Waals surface area contributed by atoms with E-state index in [1.807, 2.05) is 11.8 Å². The largest absolute Gasteiger partial charge is 0.370 e. The molecule has 14 heavy (non-hydrogen) atoms. The summed E-state index contributed by atoms with van der Waals surface area (Å²) in [5, 5.41) is 0. The molecule has 0 aromatic heterocycles. The minimum Gasteiger partial charge on any atom is -0.370 e. The van der Waals surface area contributed by atoms with E-state index in [-0.39, 0.29) is 24.0 Å². The summed E-state index contributed by atoms with van der Waals surface area (Å²) in [6.45, 7) is 6.29. The summed E-state index contributed by atoms with van der Waals surface area (Å²) in [5.41, 5.74) is 5.80. The zero-order valence-electron chi connectivity index (χ0n) is 7.91. The van der Waals surface area contributed by atoms with Crippen LogP contribution >= 0.6 is 51.7 Å². The summed E-state index contributed by atoms with van der Waals surface area (Å²) in [6.07, 6.45) is 0. The van der Waals surface area contributed by atoms with Crippen LogP contribution < -0.4 is 5.73 Å². The molecule has 1 saturated heterocycles. The van der Waals surface area contributed by atoms with E-state index in [1.54, 1.807) is 0 Å². The lowest BCUT2D eigenvalue weighted by molar-refractivity contribution is 0.456. The highest BCUT2D eigenvalue weighted by molar-refractivity contribution is 14.0. The number of hydrogen-bond acceptors (Lipinski definition) is 2.